The molecule has 1 aliphatic rings. The number of aromatic nitrogens is 3. The second kappa shape index (κ2) is 8.78. The van der Waals surface area contributed by atoms with Gasteiger partial charge in [0.05, 0.1) is 5.60 Å². The number of aryl methyl sites for hydroxylation is 1. The van der Waals surface area contributed by atoms with Crippen molar-refractivity contribution >= 4 is 12.4 Å². The zero-order valence-electron chi connectivity index (χ0n) is 16.0. The van der Waals surface area contributed by atoms with Gasteiger partial charge in [-0.2, -0.15) is 0 Å². The van der Waals surface area contributed by atoms with Gasteiger partial charge < -0.3 is 5.11 Å². The first-order valence-electron chi connectivity index (χ1n) is 9.36. The molecule has 5 nitrogen and oxygen atoms in total. The van der Waals surface area contributed by atoms with Gasteiger partial charge in [0.2, 0.25) is 0 Å². The summed E-state index contributed by atoms with van der Waals surface area (Å²) < 4.78 is 0. The second-order valence-electron chi connectivity index (χ2n) is 7.28. The molecular formula is C22H25ClN4O. The molecule has 4 rings (SSSR count). The number of likely N-dealkylation sites (tertiary alicyclic amines) is 1. The minimum atomic E-state index is -0.768. The third-order valence-corrected chi connectivity index (χ3v) is 5.38. The second-order valence-corrected chi connectivity index (χ2v) is 7.28. The van der Waals surface area contributed by atoms with Gasteiger partial charge in [0, 0.05) is 61.1 Å². The summed E-state index contributed by atoms with van der Waals surface area (Å²) in [6, 6.07) is 12.0. The summed E-state index contributed by atoms with van der Waals surface area (Å²) >= 11 is 0. The first kappa shape index (κ1) is 20.4. The van der Waals surface area contributed by atoms with Crippen molar-refractivity contribution in [1.82, 2.24) is 19.9 Å². The van der Waals surface area contributed by atoms with Crippen LogP contribution in [0.1, 0.15) is 29.5 Å². The average Bonchev–Trinajstić information content (AvgIpc) is 2.72. The third kappa shape index (κ3) is 4.38. The molecule has 2 aromatic heterocycles. The molecule has 0 spiro atoms. The SMILES string of the molecule is Cc1ccccc1-c1ncc(CN2CCC(O)(c3cccnc3)CC2)cn1.Cl. The third-order valence-electron chi connectivity index (χ3n) is 5.38. The van der Waals surface area contributed by atoms with Crippen molar-refractivity contribution in [1.29, 1.82) is 0 Å². The number of benzene rings is 1. The summed E-state index contributed by atoms with van der Waals surface area (Å²) in [7, 11) is 0. The number of hydrogen-bond acceptors (Lipinski definition) is 5. The molecule has 0 saturated carbocycles. The minimum absolute atomic E-state index is 0. The van der Waals surface area contributed by atoms with Crippen LogP contribution in [0, 0.1) is 6.92 Å². The Bertz CT molecular complexity index is 894. The topological polar surface area (TPSA) is 62.1 Å². The van der Waals surface area contributed by atoms with E-state index in [1.165, 1.54) is 5.56 Å². The maximum absolute atomic E-state index is 10.9. The van der Waals surface area contributed by atoms with Crippen molar-refractivity contribution in [3.63, 3.8) is 0 Å². The molecule has 0 radical (unpaired) electrons. The summed E-state index contributed by atoms with van der Waals surface area (Å²) in [6.07, 6.45) is 8.76. The van der Waals surface area contributed by atoms with E-state index < -0.39 is 5.60 Å². The zero-order valence-corrected chi connectivity index (χ0v) is 16.8. The molecule has 1 fully saturated rings. The number of piperidine rings is 1. The van der Waals surface area contributed by atoms with E-state index in [0.29, 0.717) is 12.8 Å². The lowest BCUT2D eigenvalue weighted by Gasteiger charge is -2.38. The van der Waals surface area contributed by atoms with Crippen molar-refractivity contribution in [2.24, 2.45) is 0 Å². The van der Waals surface area contributed by atoms with Gasteiger partial charge in [-0.05, 0) is 31.4 Å². The molecule has 1 aromatic carbocycles. The molecular weight excluding hydrogens is 372 g/mol. The van der Waals surface area contributed by atoms with Gasteiger partial charge in [-0.1, -0.05) is 30.3 Å². The van der Waals surface area contributed by atoms with E-state index in [4.69, 9.17) is 0 Å². The predicted octanol–water partition coefficient (Wildman–Crippen LogP) is 3.75. The highest BCUT2D eigenvalue weighted by Crippen LogP contribution is 2.32. The highest BCUT2D eigenvalue weighted by Gasteiger charge is 2.34. The van der Waals surface area contributed by atoms with Gasteiger partial charge in [0.25, 0.3) is 0 Å². The van der Waals surface area contributed by atoms with E-state index in [1.807, 2.05) is 42.7 Å². The van der Waals surface area contributed by atoms with Crippen LogP contribution in [0.5, 0.6) is 0 Å². The van der Waals surface area contributed by atoms with Gasteiger partial charge in [0.1, 0.15) is 0 Å². The molecule has 3 heterocycles. The van der Waals surface area contributed by atoms with Crippen LogP contribution in [-0.2, 0) is 12.1 Å². The maximum Gasteiger partial charge on any atom is 0.159 e. The molecule has 6 heteroatoms. The van der Waals surface area contributed by atoms with E-state index >= 15 is 0 Å². The molecule has 3 aromatic rings. The average molecular weight is 397 g/mol. The van der Waals surface area contributed by atoms with E-state index in [-0.39, 0.29) is 12.4 Å². The number of rotatable bonds is 4. The molecule has 28 heavy (non-hydrogen) atoms. The summed E-state index contributed by atoms with van der Waals surface area (Å²) in [6.45, 7) is 4.55. The Labute approximate surface area is 171 Å². The van der Waals surface area contributed by atoms with E-state index in [9.17, 15) is 5.11 Å². The fraction of sp³-hybridized carbons (Fsp3) is 0.318. The molecule has 0 atom stereocenters. The number of halogens is 1. The monoisotopic (exact) mass is 396 g/mol. The first-order chi connectivity index (χ1) is 13.1. The quantitative estimate of drug-likeness (QED) is 0.727. The smallest absolute Gasteiger partial charge is 0.159 e. The van der Waals surface area contributed by atoms with Gasteiger partial charge in [0.15, 0.2) is 5.82 Å². The molecule has 1 saturated heterocycles. The first-order valence-corrected chi connectivity index (χ1v) is 9.36. The van der Waals surface area contributed by atoms with E-state index in [1.54, 1.807) is 12.4 Å². The normalized spacial score (nSPS) is 16.4. The number of aliphatic hydroxyl groups is 1. The lowest BCUT2D eigenvalue weighted by Crippen LogP contribution is -2.42. The van der Waals surface area contributed by atoms with Crippen molar-refractivity contribution in [2.75, 3.05) is 13.1 Å². The van der Waals surface area contributed by atoms with E-state index in [0.717, 1.165) is 42.1 Å². The molecule has 1 aliphatic heterocycles. The van der Waals surface area contributed by atoms with Crippen LogP contribution in [0.3, 0.4) is 0 Å². The van der Waals surface area contributed by atoms with Crippen LogP contribution in [-0.4, -0.2) is 38.0 Å². The lowest BCUT2D eigenvalue weighted by molar-refractivity contribution is -0.0280. The van der Waals surface area contributed by atoms with Gasteiger partial charge in [-0.25, -0.2) is 9.97 Å². The Balaban J connectivity index is 0.00000225. The Morgan fingerprint density at radius 3 is 2.36 bits per heavy atom. The van der Waals surface area contributed by atoms with Crippen LogP contribution < -0.4 is 0 Å². The summed E-state index contributed by atoms with van der Waals surface area (Å²) in [5, 5.41) is 10.9. The zero-order chi connectivity index (χ0) is 18.7. The van der Waals surface area contributed by atoms with Crippen LogP contribution in [0.25, 0.3) is 11.4 Å². The molecule has 0 unspecified atom stereocenters. The van der Waals surface area contributed by atoms with Crippen LogP contribution >= 0.6 is 12.4 Å². The largest absolute Gasteiger partial charge is 0.385 e. The van der Waals surface area contributed by atoms with Crippen LogP contribution in [0.15, 0.2) is 61.2 Å². The van der Waals surface area contributed by atoms with E-state index in [2.05, 4.69) is 32.8 Å². The number of pyridine rings is 1. The van der Waals surface area contributed by atoms with Crippen molar-refractivity contribution < 1.29 is 5.11 Å². The molecule has 0 amide bonds. The Hall–Kier alpha value is -2.34. The summed E-state index contributed by atoms with van der Waals surface area (Å²) in [4.78, 5) is 15.6. The maximum atomic E-state index is 10.9. The molecule has 1 N–H and O–H groups in total. The standard InChI is InChI=1S/C22H24N4O.ClH/c1-17-5-2-3-7-20(17)21-24-13-18(14-25-21)16-26-11-8-22(27,9-12-26)19-6-4-10-23-15-19;/h2-7,10,13-15,27H,8-9,11-12,16H2,1H3;1H. The molecule has 0 bridgehead atoms. The highest BCUT2D eigenvalue weighted by molar-refractivity contribution is 5.85. The van der Waals surface area contributed by atoms with Gasteiger partial charge in [-0.3, -0.25) is 9.88 Å². The van der Waals surface area contributed by atoms with Gasteiger partial charge >= 0.3 is 0 Å². The minimum Gasteiger partial charge on any atom is -0.385 e. The number of nitrogens with zero attached hydrogens (tertiary/aromatic N) is 4. The van der Waals surface area contributed by atoms with Crippen LogP contribution in [0.4, 0.5) is 0 Å². The number of hydrogen-bond donors (Lipinski definition) is 1. The van der Waals surface area contributed by atoms with Crippen molar-refractivity contribution in [3.8, 4) is 11.4 Å². The Morgan fingerprint density at radius 2 is 1.71 bits per heavy atom. The Morgan fingerprint density at radius 1 is 1.00 bits per heavy atom. The molecule has 0 aliphatic carbocycles. The fourth-order valence-electron chi connectivity index (χ4n) is 3.67. The van der Waals surface area contributed by atoms with Crippen molar-refractivity contribution in [3.05, 3.63) is 77.9 Å². The highest BCUT2D eigenvalue weighted by atomic mass is 35.5. The van der Waals surface area contributed by atoms with Crippen molar-refractivity contribution in [2.45, 2.75) is 31.9 Å². The predicted molar refractivity (Wildman–Crippen MR) is 112 cm³/mol. The molecule has 146 valence electrons. The lowest BCUT2D eigenvalue weighted by atomic mass is 9.85. The van der Waals surface area contributed by atoms with Crippen LogP contribution in [0.2, 0.25) is 0 Å². The summed E-state index contributed by atoms with van der Waals surface area (Å²) in [5.74, 6) is 0.765. The summed E-state index contributed by atoms with van der Waals surface area (Å²) in [5.41, 5.74) is 3.49. The fourth-order valence-corrected chi connectivity index (χ4v) is 3.67. The van der Waals surface area contributed by atoms with Gasteiger partial charge in [-0.15, -0.1) is 12.4 Å². The Kier molecular flexibility index (Phi) is 6.39.